The lowest BCUT2D eigenvalue weighted by Crippen LogP contribution is -2.04. The van der Waals surface area contributed by atoms with Crippen molar-refractivity contribution in [2.24, 2.45) is 0 Å². The van der Waals surface area contributed by atoms with E-state index in [0.717, 1.165) is 35.5 Å². The largest absolute Gasteiger partial charge is 0.416 e. The summed E-state index contributed by atoms with van der Waals surface area (Å²) in [5.74, 6) is 0.605. The van der Waals surface area contributed by atoms with Crippen LogP contribution in [0.25, 0.3) is 22.6 Å². The van der Waals surface area contributed by atoms with Gasteiger partial charge < -0.3 is 4.98 Å². The summed E-state index contributed by atoms with van der Waals surface area (Å²) >= 11 is 0. The molecule has 0 spiro atoms. The minimum absolute atomic E-state index is 0.605. The van der Waals surface area contributed by atoms with Crippen LogP contribution in [-0.4, -0.2) is 9.97 Å². The third-order valence-electron chi connectivity index (χ3n) is 3.90. The van der Waals surface area contributed by atoms with Crippen molar-refractivity contribution in [2.45, 2.75) is 12.6 Å². The molecular weight excluding hydrogens is 289 g/mol. The van der Waals surface area contributed by atoms with Gasteiger partial charge in [0.2, 0.25) is 0 Å². The summed E-state index contributed by atoms with van der Waals surface area (Å²) in [6, 6.07) is 13.1. The van der Waals surface area contributed by atoms with Crippen molar-refractivity contribution >= 4 is 0 Å². The second-order valence-corrected chi connectivity index (χ2v) is 5.32. The van der Waals surface area contributed by atoms with E-state index in [1.165, 1.54) is 17.7 Å². The van der Waals surface area contributed by atoms with Crippen LogP contribution in [0.4, 0.5) is 13.2 Å². The topological polar surface area (TPSA) is 28.7 Å². The molecule has 0 saturated heterocycles. The Bertz CT molecular complexity index is 845. The highest BCUT2D eigenvalue weighted by atomic mass is 19.4. The molecule has 2 nitrogen and oxygen atoms in total. The molecule has 1 N–H and O–H groups in total. The maximum absolute atomic E-state index is 12.6. The molecule has 22 heavy (non-hydrogen) atoms. The van der Waals surface area contributed by atoms with Crippen LogP contribution in [0, 0.1) is 0 Å². The number of aromatic nitrogens is 2. The standard InChI is InChI=1S/C17H11F3N2/c18-17(19,20)12-7-5-10(6-8-12)16-21-14-9-11-3-1-2-4-13(11)15(14)22-16/h1-8H,9H2,(H,21,22). The Morgan fingerprint density at radius 3 is 2.41 bits per heavy atom. The highest BCUT2D eigenvalue weighted by Crippen LogP contribution is 2.37. The number of halogens is 3. The summed E-state index contributed by atoms with van der Waals surface area (Å²) in [7, 11) is 0. The van der Waals surface area contributed by atoms with Crippen LogP contribution in [-0.2, 0) is 12.6 Å². The summed E-state index contributed by atoms with van der Waals surface area (Å²) in [6.45, 7) is 0. The van der Waals surface area contributed by atoms with Crippen LogP contribution < -0.4 is 0 Å². The normalized spacial score (nSPS) is 13.0. The predicted octanol–water partition coefficient (Wildman–Crippen LogP) is 4.67. The van der Waals surface area contributed by atoms with E-state index in [9.17, 15) is 13.2 Å². The summed E-state index contributed by atoms with van der Waals surface area (Å²) in [4.78, 5) is 7.78. The van der Waals surface area contributed by atoms with Crippen LogP contribution in [0.15, 0.2) is 48.5 Å². The molecule has 0 fully saturated rings. The maximum Gasteiger partial charge on any atom is 0.416 e. The van der Waals surface area contributed by atoms with Crippen molar-refractivity contribution in [3.63, 3.8) is 0 Å². The van der Waals surface area contributed by atoms with Gasteiger partial charge in [0.05, 0.1) is 11.3 Å². The number of hydrogen-bond acceptors (Lipinski definition) is 1. The number of benzene rings is 2. The minimum atomic E-state index is -4.32. The fourth-order valence-electron chi connectivity index (χ4n) is 2.81. The quantitative estimate of drug-likeness (QED) is 0.544. The number of H-pyrrole nitrogens is 1. The maximum atomic E-state index is 12.6. The average molecular weight is 300 g/mol. The highest BCUT2D eigenvalue weighted by molar-refractivity contribution is 5.75. The first-order valence-corrected chi connectivity index (χ1v) is 6.87. The molecule has 0 unspecified atom stereocenters. The molecule has 0 bridgehead atoms. The fourth-order valence-corrected chi connectivity index (χ4v) is 2.81. The van der Waals surface area contributed by atoms with E-state index < -0.39 is 11.7 Å². The smallest absolute Gasteiger partial charge is 0.341 e. The van der Waals surface area contributed by atoms with Crippen molar-refractivity contribution < 1.29 is 13.2 Å². The Morgan fingerprint density at radius 2 is 1.68 bits per heavy atom. The van der Waals surface area contributed by atoms with Crippen LogP contribution in [0.2, 0.25) is 0 Å². The lowest BCUT2D eigenvalue weighted by atomic mass is 10.1. The van der Waals surface area contributed by atoms with E-state index in [1.807, 2.05) is 18.2 Å². The molecule has 3 aromatic rings. The molecule has 1 aliphatic rings. The molecular formula is C17H11F3N2. The SMILES string of the molecule is FC(F)(F)c1ccc(-c2nc3c([nH]2)Cc2ccccc2-3)cc1. The molecule has 0 amide bonds. The lowest BCUT2D eigenvalue weighted by Gasteiger charge is -2.06. The molecule has 0 saturated carbocycles. The molecule has 0 aliphatic heterocycles. The zero-order valence-electron chi connectivity index (χ0n) is 11.4. The van der Waals surface area contributed by atoms with E-state index in [-0.39, 0.29) is 0 Å². The van der Waals surface area contributed by atoms with E-state index in [1.54, 1.807) is 0 Å². The van der Waals surface area contributed by atoms with Crippen LogP contribution in [0.5, 0.6) is 0 Å². The summed E-state index contributed by atoms with van der Waals surface area (Å²) in [6.07, 6.45) is -3.54. The van der Waals surface area contributed by atoms with Crippen molar-refractivity contribution in [3.05, 3.63) is 65.4 Å². The summed E-state index contributed by atoms with van der Waals surface area (Å²) < 4.78 is 37.8. The number of hydrogen-bond donors (Lipinski definition) is 1. The van der Waals surface area contributed by atoms with Gasteiger partial charge in [-0.25, -0.2) is 4.98 Å². The van der Waals surface area contributed by atoms with E-state index in [2.05, 4.69) is 16.0 Å². The third-order valence-corrected chi connectivity index (χ3v) is 3.90. The van der Waals surface area contributed by atoms with Crippen molar-refractivity contribution in [2.75, 3.05) is 0 Å². The Labute approximate surface area is 124 Å². The Balaban J connectivity index is 1.72. The van der Waals surface area contributed by atoms with Crippen molar-refractivity contribution in [1.82, 2.24) is 9.97 Å². The van der Waals surface area contributed by atoms with E-state index in [0.29, 0.717) is 11.4 Å². The third kappa shape index (κ3) is 2.01. The number of aromatic amines is 1. The molecule has 5 heteroatoms. The Kier molecular flexibility index (Phi) is 2.66. The second kappa shape index (κ2) is 4.47. The monoisotopic (exact) mass is 300 g/mol. The molecule has 0 radical (unpaired) electrons. The van der Waals surface area contributed by atoms with E-state index >= 15 is 0 Å². The van der Waals surface area contributed by atoms with Gasteiger partial charge in [0.1, 0.15) is 5.82 Å². The Hall–Kier alpha value is -2.56. The summed E-state index contributed by atoms with van der Waals surface area (Å²) in [5.41, 5.74) is 4.21. The number of nitrogens with one attached hydrogen (secondary N) is 1. The zero-order chi connectivity index (χ0) is 15.3. The molecule has 1 aromatic heterocycles. The Morgan fingerprint density at radius 1 is 0.955 bits per heavy atom. The van der Waals surface area contributed by atoms with Gasteiger partial charge in [0, 0.05) is 23.2 Å². The number of fused-ring (bicyclic) bond motifs is 3. The molecule has 0 atom stereocenters. The van der Waals surface area contributed by atoms with Gasteiger partial charge in [-0.2, -0.15) is 13.2 Å². The van der Waals surface area contributed by atoms with Crippen LogP contribution in [0.1, 0.15) is 16.8 Å². The van der Waals surface area contributed by atoms with Gasteiger partial charge in [-0.05, 0) is 17.7 Å². The first-order chi connectivity index (χ1) is 10.5. The highest BCUT2D eigenvalue weighted by Gasteiger charge is 2.30. The van der Waals surface area contributed by atoms with Gasteiger partial charge in [-0.15, -0.1) is 0 Å². The van der Waals surface area contributed by atoms with Crippen molar-refractivity contribution in [3.8, 4) is 22.6 Å². The number of rotatable bonds is 1. The first-order valence-electron chi connectivity index (χ1n) is 6.87. The lowest BCUT2D eigenvalue weighted by molar-refractivity contribution is -0.137. The fraction of sp³-hybridized carbons (Fsp3) is 0.118. The molecule has 110 valence electrons. The van der Waals surface area contributed by atoms with Crippen molar-refractivity contribution in [1.29, 1.82) is 0 Å². The van der Waals surface area contributed by atoms with Gasteiger partial charge >= 0.3 is 6.18 Å². The minimum Gasteiger partial charge on any atom is -0.341 e. The second-order valence-electron chi connectivity index (χ2n) is 5.32. The van der Waals surface area contributed by atoms with Crippen LogP contribution in [0.3, 0.4) is 0 Å². The molecule has 4 rings (SSSR count). The summed E-state index contributed by atoms with van der Waals surface area (Å²) in [5, 5.41) is 0. The molecule has 2 aromatic carbocycles. The van der Waals surface area contributed by atoms with Crippen LogP contribution >= 0.6 is 0 Å². The number of alkyl halides is 3. The van der Waals surface area contributed by atoms with Gasteiger partial charge in [0.25, 0.3) is 0 Å². The average Bonchev–Trinajstić information content (AvgIpc) is 3.04. The van der Waals surface area contributed by atoms with Gasteiger partial charge in [0.15, 0.2) is 0 Å². The molecule has 1 heterocycles. The van der Waals surface area contributed by atoms with Gasteiger partial charge in [-0.3, -0.25) is 0 Å². The number of imidazole rings is 1. The van der Waals surface area contributed by atoms with Gasteiger partial charge in [-0.1, -0.05) is 36.4 Å². The molecule has 1 aliphatic carbocycles. The number of nitrogens with zero attached hydrogens (tertiary/aromatic N) is 1. The first kappa shape index (κ1) is 13.1. The zero-order valence-corrected chi connectivity index (χ0v) is 11.4. The van der Waals surface area contributed by atoms with E-state index in [4.69, 9.17) is 0 Å². The predicted molar refractivity (Wildman–Crippen MR) is 77.3 cm³/mol.